The summed E-state index contributed by atoms with van der Waals surface area (Å²) in [4.78, 5) is 2.24. The van der Waals surface area contributed by atoms with Crippen molar-refractivity contribution in [2.75, 3.05) is 20.2 Å². The third kappa shape index (κ3) is 3.32. The van der Waals surface area contributed by atoms with Gasteiger partial charge in [-0.3, -0.25) is 4.90 Å². The summed E-state index contributed by atoms with van der Waals surface area (Å²) >= 11 is 0. The number of aryl methyl sites for hydroxylation is 1. The van der Waals surface area contributed by atoms with Gasteiger partial charge in [-0.15, -0.1) is 0 Å². The number of nitrogens with zero attached hydrogens (tertiary/aromatic N) is 2. The Balaban J connectivity index is 1.77. The largest absolute Gasteiger partial charge is 0.377 e. The highest BCUT2D eigenvalue weighted by molar-refractivity contribution is 5.03. The fourth-order valence-corrected chi connectivity index (χ4v) is 2.13. The molecule has 2 rings (SSSR count). The standard InChI is InChI=1S/C12H20N2O2/c1-10-7-11(13-16-10)8-14(2)9-12-5-3-4-6-15-12/h7,12H,3-6,8-9H2,1-2H3. The summed E-state index contributed by atoms with van der Waals surface area (Å²) in [6.07, 6.45) is 4.08. The molecule has 0 aromatic carbocycles. The van der Waals surface area contributed by atoms with Gasteiger partial charge in [-0.05, 0) is 33.2 Å². The Hall–Kier alpha value is -0.870. The minimum atomic E-state index is 0.395. The Labute approximate surface area is 96.5 Å². The monoisotopic (exact) mass is 224 g/mol. The molecule has 0 bridgehead atoms. The van der Waals surface area contributed by atoms with Gasteiger partial charge in [-0.2, -0.15) is 0 Å². The number of ether oxygens (including phenoxy) is 1. The van der Waals surface area contributed by atoms with E-state index < -0.39 is 0 Å². The zero-order valence-corrected chi connectivity index (χ0v) is 10.1. The van der Waals surface area contributed by atoms with Crippen LogP contribution in [0, 0.1) is 6.92 Å². The summed E-state index contributed by atoms with van der Waals surface area (Å²) in [6.45, 7) is 4.64. The van der Waals surface area contributed by atoms with Crippen LogP contribution >= 0.6 is 0 Å². The Morgan fingerprint density at radius 3 is 3.00 bits per heavy atom. The maximum Gasteiger partial charge on any atom is 0.133 e. The first-order chi connectivity index (χ1) is 7.74. The number of aromatic nitrogens is 1. The van der Waals surface area contributed by atoms with Crippen molar-refractivity contribution in [3.8, 4) is 0 Å². The van der Waals surface area contributed by atoms with Gasteiger partial charge in [-0.1, -0.05) is 5.16 Å². The SMILES string of the molecule is Cc1cc(CN(C)CC2CCCCO2)no1. The molecule has 0 N–H and O–H groups in total. The van der Waals surface area contributed by atoms with E-state index >= 15 is 0 Å². The molecule has 0 radical (unpaired) electrons. The molecule has 1 aliphatic heterocycles. The van der Waals surface area contributed by atoms with Crippen molar-refractivity contribution in [2.24, 2.45) is 0 Å². The fourth-order valence-electron chi connectivity index (χ4n) is 2.13. The minimum absolute atomic E-state index is 0.395. The molecule has 1 unspecified atom stereocenters. The van der Waals surface area contributed by atoms with Gasteiger partial charge in [0.1, 0.15) is 5.76 Å². The quantitative estimate of drug-likeness (QED) is 0.784. The number of likely N-dealkylation sites (N-methyl/N-ethyl adjacent to an activating group) is 1. The van der Waals surface area contributed by atoms with Crippen LogP contribution in [0.4, 0.5) is 0 Å². The Morgan fingerprint density at radius 2 is 2.38 bits per heavy atom. The van der Waals surface area contributed by atoms with Gasteiger partial charge < -0.3 is 9.26 Å². The maximum absolute atomic E-state index is 5.71. The third-order valence-corrected chi connectivity index (χ3v) is 2.90. The molecular weight excluding hydrogens is 204 g/mol. The van der Waals surface area contributed by atoms with Gasteiger partial charge in [0.2, 0.25) is 0 Å². The smallest absolute Gasteiger partial charge is 0.133 e. The molecule has 0 aliphatic carbocycles. The maximum atomic E-state index is 5.71. The summed E-state index contributed by atoms with van der Waals surface area (Å²) in [7, 11) is 2.10. The van der Waals surface area contributed by atoms with Crippen molar-refractivity contribution in [3.05, 3.63) is 17.5 Å². The molecule has 0 saturated carbocycles. The van der Waals surface area contributed by atoms with Crippen molar-refractivity contribution < 1.29 is 9.26 Å². The summed E-state index contributed by atoms with van der Waals surface area (Å²) in [6, 6.07) is 1.98. The molecule has 1 saturated heterocycles. The van der Waals surface area contributed by atoms with E-state index in [0.29, 0.717) is 6.10 Å². The van der Waals surface area contributed by atoms with E-state index in [9.17, 15) is 0 Å². The second-order valence-corrected chi connectivity index (χ2v) is 4.61. The van der Waals surface area contributed by atoms with E-state index in [1.54, 1.807) is 0 Å². The molecule has 1 fully saturated rings. The van der Waals surface area contributed by atoms with Crippen LogP contribution in [-0.2, 0) is 11.3 Å². The Bertz CT molecular complexity index is 319. The minimum Gasteiger partial charge on any atom is -0.377 e. The third-order valence-electron chi connectivity index (χ3n) is 2.90. The lowest BCUT2D eigenvalue weighted by atomic mass is 10.1. The lowest BCUT2D eigenvalue weighted by Crippen LogP contribution is -2.33. The van der Waals surface area contributed by atoms with Crippen molar-refractivity contribution in [1.82, 2.24) is 10.1 Å². The Kier molecular flexibility index (Phi) is 3.96. The second kappa shape index (κ2) is 5.46. The summed E-state index contributed by atoms with van der Waals surface area (Å²) < 4.78 is 10.8. The molecule has 2 heterocycles. The highest BCUT2D eigenvalue weighted by Gasteiger charge is 2.16. The van der Waals surface area contributed by atoms with Crippen LogP contribution in [0.2, 0.25) is 0 Å². The molecule has 0 amide bonds. The second-order valence-electron chi connectivity index (χ2n) is 4.61. The lowest BCUT2D eigenvalue weighted by molar-refractivity contribution is -0.00285. The van der Waals surface area contributed by atoms with Gasteiger partial charge in [0.15, 0.2) is 0 Å². The highest BCUT2D eigenvalue weighted by atomic mass is 16.5. The van der Waals surface area contributed by atoms with Gasteiger partial charge in [0, 0.05) is 25.8 Å². The highest BCUT2D eigenvalue weighted by Crippen LogP contribution is 2.14. The van der Waals surface area contributed by atoms with Crippen molar-refractivity contribution >= 4 is 0 Å². The van der Waals surface area contributed by atoms with Crippen molar-refractivity contribution in [2.45, 2.75) is 38.8 Å². The zero-order chi connectivity index (χ0) is 11.4. The Morgan fingerprint density at radius 1 is 1.50 bits per heavy atom. The topological polar surface area (TPSA) is 38.5 Å². The first kappa shape index (κ1) is 11.6. The van der Waals surface area contributed by atoms with Crippen molar-refractivity contribution in [3.63, 3.8) is 0 Å². The molecule has 1 aromatic rings. The molecule has 4 heteroatoms. The van der Waals surface area contributed by atoms with Crippen LogP contribution in [0.3, 0.4) is 0 Å². The number of hydrogen-bond donors (Lipinski definition) is 0. The van der Waals surface area contributed by atoms with Crippen LogP contribution in [0.25, 0.3) is 0 Å². The fraction of sp³-hybridized carbons (Fsp3) is 0.750. The molecule has 1 aromatic heterocycles. The molecular formula is C12H20N2O2. The van der Waals surface area contributed by atoms with E-state index in [1.165, 1.54) is 19.3 Å². The van der Waals surface area contributed by atoms with Crippen LogP contribution < -0.4 is 0 Å². The first-order valence-electron chi connectivity index (χ1n) is 5.96. The average molecular weight is 224 g/mol. The number of hydrogen-bond acceptors (Lipinski definition) is 4. The van der Waals surface area contributed by atoms with Crippen LogP contribution in [0.15, 0.2) is 10.6 Å². The van der Waals surface area contributed by atoms with Crippen LogP contribution in [-0.4, -0.2) is 36.4 Å². The van der Waals surface area contributed by atoms with Gasteiger partial charge in [-0.25, -0.2) is 0 Å². The van der Waals surface area contributed by atoms with E-state index in [4.69, 9.17) is 9.26 Å². The first-order valence-corrected chi connectivity index (χ1v) is 5.96. The van der Waals surface area contributed by atoms with Crippen LogP contribution in [0.5, 0.6) is 0 Å². The van der Waals surface area contributed by atoms with E-state index in [-0.39, 0.29) is 0 Å². The molecule has 90 valence electrons. The summed E-state index contributed by atoms with van der Waals surface area (Å²) in [5.74, 6) is 0.873. The number of rotatable bonds is 4. The van der Waals surface area contributed by atoms with E-state index in [0.717, 1.165) is 31.2 Å². The predicted molar refractivity (Wildman–Crippen MR) is 61.2 cm³/mol. The summed E-state index contributed by atoms with van der Waals surface area (Å²) in [5, 5.41) is 3.99. The van der Waals surface area contributed by atoms with Gasteiger partial charge in [0.25, 0.3) is 0 Å². The predicted octanol–water partition coefficient (Wildman–Crippen LogP) is 1.98. The lowest BCUT2D eigenvalue weighted by Gasteiger charge is -2.26. The van der Waals surface area contributed by atoms with Crippen LogP contribution in [0.1, 0.15) is 30.7 Å². The zero-order valence-electron chi connectivity index (χ0n) is 10.1. The molecule has 1 atom stereocenters. The van der Waals surface area contributed by atoms with Gasteiger partial charge in [0.05, 0.1) is 11.8 Å². The summed E-state index contributed by atoms with van der Waals surface area (Å²) in [5.41, 5.74) is 0.996. The molecule has 4 nitrogen and oxygen atoms in total. The average Bonchev–Trinajstić information content (AvgIpc) is 2.65. The molecule has 1 aliphatic rings. The normalized spacial score (nSPS) is 21.6. The van der Waals surface area contributed by atoms with E-state index in [1.807, 2.05) is 13.0 Å². The van der Waals surface area contributed by atoms with Crippen molar-refractivity contribution in [1.29, 1.82) is 0 Å². The molecule has 16 heavy (non-hydrogen) atoms. The van der Waals surface area contributed by atoms with Gasteiger partial charge >= 0.3 is 0 Å². The van der Waals surface area contributed by atoms with E-state index in [2.05, 4.69) is 17.1 Å². The molecule has 0 spiro atoms.